The van der Waals surface area contributed by atoms with Gasteiger partial charge in [-0.25, -0.2) is 29.5 Å². The number of phenolic OH excluding ortho intramolecular Hbond substituents is 2. The molecule has 136 heavy (non-hydrogen) atoms. The van der Waals surface area contributed by atoms with Crippen LogP contribution >= 0.6 is 79.4 Å². The molecule has 3 aliphatic rings. The Morgan fingerprint density at radius 3 is 1.16 bits per heavy atom. The van der Waals surface area contributed by atoms with Gasteiger partial charge in [0.2, 0.25) is 5.28 Å². The highest BCUT2D eigenvalue weighted by Gasteiger charge is 2.32. The number of amides is 1. The summed E-state index contributed by atoms with van der Waals surface area (Å²) >= 11 is 11.8. The Bertz CT molecular complexity index is 6800. The van der Waals surface area contributed by atoms with Crippen molar-refractivity contribution >= 4 is 187 Å². The first-order valence-electron chi connectivity index (χ1n) is 42.9. The second-order valence-electron chi connectivity index (χ2n) is 34.2. The lowest BCUT2D eigenvalue weighted by atomic mass is 9.92. The first-order valence-corrected chi connectivity index (χ1v) is 52.5. The molecule has 0 bridgehead atoms. The van der Waals surface area contributed by atoms with Crippen molar-refractivity contribution in [3.63, 3.8) is 0 Å². The van der Waals surface area contributed by atoms with Gasteiger partial charge in [-0.3, -0.25) is 18.9 Å². The number of ether oxygens (including phenoxy) is 2. The van der Waals surface area contributed by atoms with Crippen LogP contribution in [0.2, 0.25) is 5.28 Å². The van der Waals surface area contributed by atoms with Crippen molar-refractivity contribution < 1.29 is 63.3 Å². The zero-order valence-electron chi connectivity index (χ0n) is 76.6. The van der Waals surface area contributed by atoms with E-state index in [1.54, 1.807) is 216 Å². The quantitative estimate of drug-likeness (QED) is 0.0170. The number of hydrogen-bond acceptors (Lipinski definition) is 22. The van der Waals surface area contributed by atoms with Gasteiger partial charge in [-0.2, -0.15) is 63.6 Å². The van der Waals surface area contributed by atoms with E-state index in [0.29, 0.717) is 56.5 Å². The minimum atomic E-state index is -4.00. The number of nitrogen functional groups attached to an aromatic ring is 1. The van der Waals surface area contributed by atoms with E-state index in [-0.39, 0.29) is 47.7 Å². The van der Waals surface area contributed by atoms with Crippen molar-refractivity contribution in [2.24, 2.45) is 0 Å². The lowest BCUT2D eigenvalue weighted by molar-refractivity contribution is 0.0570. The summed E-state index contributed by atoms with van der Waals surface area (Å²) in [7, 11) is -14.8. The molecule has 13 aromatic rings. The van der Waals surface area contributed by atoms with E-state index in [2.05, 4.69) is 153 Å². The van der Waals surface area contributed by atoms with E-state index in [9.17, 15) is 59.2 Å². The van der Waals surface area contributed by atoms with E-state index in [1.807, 2.05) is 91.1 Å². The van der Waals surface area contributed by atoms with E-state index in [0.717, 1.165) is 107 Å². The van der Waals surface area contributed by atoms with Crippen LogP contribution in [-0.2, 0) is 45.6 Å². The maximum absolute atomic E-state index is 12.2. The van der Waals surface area contributed by atoms with Crippen LogP contribution in [0.15, 0.2) is 219 Å². The maximum Gasteiger partial charge on any atom is 0.422 e. The second-order valence-corrected chi connectivity index (χ2v) is 44.0. The number of phenols is 2. The lowest BCUT2D eigenvalue weighted by Crippen LogP contribution is -2.39. The highest BCUT2D eigenvalue weighted by molar-refractivity contribution is 14.1. The number of fused-ring (bicyclic) bond motifs is 3. The number of anilines is 5. The third-order valence-electron chi connectivity index (χ3n) is 19.4. The molecule has 1 amide bonds. The van der Waals surface area contributed by atoms with Crippen LogP contribution in [0.4, 0.5) is 33.2 Å². The van der Waals surface area contributed by atoms with Crippen LogP contribution < -0.4 is 48.2 Å². The highest BCUT2D eigenvalue weighted by atomic mass is 127. The summed E-state index contributed by atoms with van der Waals surface area (Å²) < 4.78 is 134. The normalized spacial score (nSPS) is 13.2. The molecular formula is C95H109ClI3N19O14S4. The molecule has 0 spiro atoms. The first-order chi connectivity index (χ1) is 64.1. The Balaban J connectivity index is 0.000000186. The van der Waals surface area contributed by atoms with Crippen molar-refractivity contribution in [3.8, 4) is 64.0 Å². The smallest absolute Gasteiger partial charge is 0.422 e. The Kier molecular flexibility index (Phi) is 39.2. The molecule has 16 rings (SSSR count). The second kappa shape index (κ2) is 49.2. The van der Waals surface area contributed by atoms with Gasteiger partial charge in [0.15, 0.2) is 0 Å². The molecule has 0 radical (unpaired) electrons. The molecule has 3 saturated carbocycles. The molecule has 3 aliphatic carbocycles. The molecule has 5 heterocycles. The maximum atomic E-state index is 12.2. The van der Waals surface area contributed by atoms with Gasteiger partial charge in [0.05, 0.1) is 55.9 Å². The summed E-state index contributed by atoms with van der Waals surface area (Å²) in [5.74, 6) is 1.01. The number of nitrogens with one attached hydrogen (secondary N) is 8. The molecule has 0 saturated heterocycles. The molecule has 3 fully saturated rings. The summed E-state index contributed by atoms with van der Waals surface area (Å²) in [5, 5.41) is 60.0. The van der Waals surface area contributed by atoms with Crippen LogP contribution in [0.1, 0.15) is 176 Å². The van der Waals surface area contributed by atoms with Crippen molar-refractivity contribution in [1.82, 2.24) is 52.5 Å². The van der Waals surface area contributed by atoms with Crippen LogP contribution in [-0.4, -0.2) is 118 Å². The van der Waals surface area contributed by atoms with E-state index in [1.165, 1.54) is 22.8 Å². The Labute approximate surface area is 840 Å². The number of halogens is 4. The zero-order chi connectivity index (χ0) is 99.6. The summed E-state index contributed by atoms with van der Waals surface area (Å²) in [6, 6.07) is 62.7. The van der Waals surface area contributed by atoms with Gasteiger partial charge >= 0.3 is 22.3 Å². The number of aromatic hydroxyl groups is 2. The first kappa shape index (κ1) is 108. The molecule has 0 atom stereocenters. The van der Waals surface area contributed by atoms with E-state index in [4.69, 9.17) is 37.2 Å². The molecular weight excluding hydrogens is 2180 g/mol. The van der Waals surface area contributed by atoms with Gasteiger partial charge in [0.25, 0.3) is 30.6 Å². The van der Waals surface area contributed by atoms with Crippen molar-refractivity contribution in [1.29, 1.82) is 15.8 Å². The van der Waals surface area contributed by atoms with Gasteiger partial charge in [-0.1, -0.05) is 24.3 Å². The molecule has 33 nitrogen and oxygen atoms in total. The number of hydrogen-bond donors (Lipinski definition) is 12. The summed E-state index contributed by atoms with van der Waals surface area (Å²) in [6.45, 7) is 20.7. The molecule has 0 aliphatic heterocycles. The number of nitriles is 3. The third kappa shape index (κ3) is 34.2. The number of benzene rings is 8. The van der Waals surface area contributed by atoms with Crippen LogP contribution in [0.25, 0.3) is 55.2 Å². The van der Waals surface area contributed by atoms with E-state index < -0.39 is 58.1 Å². The SMILES string of the molecule is CC(C)(C)O.CC(C)(C)OC(=O)NS(=O)(=O)Nc1ccc(I)cc1.CC(C)NS(=O)(=O)Nc1ccc(-c2c(C#N)c3ccc(O)cc3n2C2CCC2)cc1.CC(C)NS(=O)(=O)Nc1ccc(-c2c(C#N)c3ccc(Oc4ncccn4)cc3n2C2CCC2)cc1.CC(C)NS(=O)(=O)Nc1ccc(I)cc1.Clc1ncccn1.N#Cc1cn(C2CCC2)c2cc(O)ccc12.Nc1ccc(I)cc1. The number of nitrogens with two attached hydrogens (primary N) is 1. The topological polar surface area (TPSA) is 493 Å². The number of carbonyl (C=O) groups excluding carboxylic acids is 1. The summed E-state index contributed by atoms with van der Waals surface area (Å²) in [4.78, 5) is 26.9. The molecule has 13 N–H and O–H groups in total. The van der Waals surface area contributed by atoms with Crippen LogP contribution in [0.3, 0.4) is 0 Å². The molecule has 0 unspecified atom stereocenters. The third-order valence-corrected chi connectivity index (χ3v) is 26.6. The highest BCUT2D eigenvalue weighted by Crippen LogP contribution is 2.46. The fraction of sp³-hybridized carbons (Fsp3) is 0.305. The number of rotatable bonds is 22. The van der Waals surface area contributed by atoms with Gasteiger partial charge in [0.1, 0.15) is 41.1 Å². The Hall–Kier alpha value is -11.2. The predicted molar refractivity (Wildman–Crippen MR) is 560 cm³/mol. The summed E-state index contributed by atoms with van der Waals surface area (Å²) in [6.07, 6.45) is 17.3. The fourth-order valence-corrected chi connectivity index (χ4v) is 18.8. The predicted octanol–water partition coefficient (Wildman–Crippen LogP) is 20.5. The van der Waals surface area contributed by atoms with Crippen LogP contribution in [0, 0.1) is 44.7 Å². The largest absolute Gasteiger partial charge is 0.508 e. The zero-order valence-corrected chi connectivity index (χ0v) is 87.1. The van der Waals surface area contributed by atoms with E-state index >= 15 is 0 Å². The molecule has 720 valence electrons. The van der Waals surface area contributed by atoms with Crippen molar-refractivity contribution in [2.75, 3.05) is 24.6 Å². The Morgan fingerprint density at radius 2 is 0.824 bits per heavy atom. The fourth-order valence-electron chi connectivity index (χ4n) is 13.5. The van der Waals surface area contributed by atoms with Gasteiger partial charge in [0, 0.05) is 135 Å². The number of aliphatic hydroxyl groups is 1. The number of nitrogens with zero attached hydrogens (tertiary/aromatic N) is 10. The Morgan fingerprint density at radius 1 is 0.478 bits per heavy atom. The molecule has 5 aromatic heterocycles. The minimum absolute atomic E-state index is 0.119. The van der Waals surface area contributed by atoms with Crippen molar-refractivity contribution in [3.05, 3.63) is 252 Å². The number of aromatic nitrogens is 7. The number of carbonyl (C=O) groups is 1. The van der Waals surface area contributed by atoms with Crippen molar-refractivity contribution in [2.45, 2.75) is 188 Å². The summed E-state index contributed by atoms with van der Waals surface area (Å²) in [5.41, 5.74) is 14.6. The average Bonchev–Trinajstić information content (AvgIpc) is 1.56. The van der Waals surface area contributed by atoms with Gasteiger partial charge in [-0.05, 0) is 377 Å². The monoisotopic (exact) mass is 2280 g/mol. The van der Waals surface area contributed by atoms with Gasteiger partial charge in [-0.15, -0.1) is 0 Å². The lowest BCUT2D eigenvalue weighted by Gasteiger charge is -2.30. The molecule has 41 heteroatoms. The van der Waals surface area contributed by atoms with Crippen LogP contribution in [0.5, 0.6) is 23.3 Å². The average molecular weight is 2290 g/mol. The molecule has 8 aromatic carbocycles. The standard InChI is InChI=1S/C26H26N6O3S.C22H24N4O3S.C13H12N2O.C11H15IN2O4S.C9H13IN2O2S.C6H6IN.C4H3ClN2.C4H10O/c1-17(2)30-36(33,34)31-19-9-7-18(8-10-19)25-23(16-27)22-12-11-21(35-26-28-13-4-14-29-26)15-24(22)32(25)20-5-3-6-20;1-14(2)24-30(28,29)25-16-8-6-15(7-9-16)22-20(13-23)19-11-10-18(27)12-21(19)26(22)17-4-3-5-17;14-7-9-8-15(10-2-1-3-10)13-6-11(16)4-5-12(9)13;1-11(2,3)18-10(15)14-19(16,17)13-9-6-4-8(12)5-7-9;1-7(2)11-15(13,14)12-9-5-3-8(10)4-6-9;7-5-1-3-6(8)4-2-5;5-4-6-2-1-3-7-4;1-4(2,3)5/h4,7-15,17,20,30-31H,3,5-6H2,1-2H3;6-12,14,17,24-25,27H,3-5H2,1-2H3;4-6,8,10,16H,1-3H2;4-7,13H,1-3H3,(H,14,15);3-7,11-12H,1-2H3;1-4H,8H2;1-3H;5H,1-3H3. The minimum Gasteiger partial charge on any atom is -0.508 e. The van der Waals surface area contributed by atoms with Gasteiger partial charge < -0.3 is 44.2 Å².